The lowest BCUT2D eigenvalue weighted by Gasteiger charge is -2.03. The fraction of sp³-hybridized carbons (Fsp3) is 0. The van der Waals surface area contributed by atoms with E-state index in [1.165, 1.54) is 11.8 Å². The molecule has 0 unspecified atom stereocenters. The summed E-state index contributed by atoms with van der Waals surface area (Å²) in [4.78, 5) is 9.12. The van der Waals surface area contributed by atoms with Crippen molar-refractivity contribution in [3.05, 3.63) is 41.8 Å². The number of aromatic nitrogens is 2. The molecule has 0 radical (unpaired) electrons. The predicted molar refractivity (Wildman–Crippen MR) is 62.0 cm³/mol. The average molecular weight is 238 g/mol. The van der Waals surface area contributed by atoms with Gasteiger partial charge in [-0.15, -0.1) is 0 Å². The van der Waals surface area contributed by atoms with Crippen LogP contribution in [0.4, 0.5) is 5.69 Å². The first-order chi connectivity index (χ1) is 7.25. The number of hydrogen-bond donors (Lipinski definition) is 1. The molecule has 0 amide bonds. The van der Waals surface area contributed by atoms with Gasteiger partial charge in [0, 0.05) is 17.3 Å². The summed E-state index contributed by atoms with van der Waals surface area (Å²) in [6, 6.07) is 7.21. The van der Waals surface area contributed by atoms with E-state index < -0.39 is 0 Å². The van der Waals surface area contributed by atoms with Gasteiger partial charge in [0.1, 0.15) is 10.2 Å². The van der Waals surface area contributed by atoms with E-state index in [2.05, 4.69) is 9.97 Å². The van der Waals surface area contributed by atoms with Crippen molar-refractivity contribution in [3.63, 3.8) is 0 Å². The molecule has 2 aromatic heterocycles. The molecule has 76 valence electrons. The molecular formula is C10H8ClN3S. The van der Waals surface area contributed by atoms with Crippen LogP contribution in [0, 0.1) is 0 Å². The van der Waals surface area contributed by atoms with E-state index in [1.807, 2.05) is 12.1 Å². The second-order valence-electron chi connectivity index (χ2n) is 2.81. The maximum atomic E-state index is 5.79. The van der Waals surface area contributed by atoms with Crippen molar-refractivity contribution in [2.24, 2.45) is 0 Å². The monoisotopic (exact) mass is 237 g/mol. The fourth-order valence-electron chi connectivity index (χ4n) is 1.03. The van der Waals surface area contributed by atoms with Crippen LogP contribution < -0.4 is 5.73 Å². The molecule has 5 heteroatoms. The topological polar surface area (TPSA) is 51.8 Å². The van der Waals surface area contributed by atoms with Gasteiger partial charge < -0.3 is 5.73 Å². The largest absolute Gasteiger partial charge is 0.397 e. The number of halogens is 1. The Morgan fingerprint density at radius 1 is 1.13 bits per heavy atom. The number of rotatable bonds is 2. The summed E-state index contributed by atoms with van der Waals surface area (Å²) in [6.45, 7) is 0. The van der Waals surface area contributed by atoms with Crippen molar-refractivity contribution >= 4 is 29.1 Å². The van der Waals surface area contributed by atoms with Crippen molar-refractivity contribution in [1.29, 1.82) is 0 Å². The number of pyridine rings is 2. The Kier molecular flexibility index (Phi) is 3.08. The summed E-state index contributed by atoms with van der Waals surface area (Å²) in [6.07, 6.45) is 3.45. The van der Waals surface area contributed by atoms with E-state index in [9.17, 15) is 0 Å². The van der Waals surface area contributed by atoms with Crippen LogP contribution in [0.2, 0.25) is 5.15 Å². The molecule has 0 aliphatic heterocycles. The van der Waals surface area contributed by atoms with Crippen LogP contribution in [0.3, 0.4) is 0 Å². The van der Waals surface area contributed by atoms with Gasteiger partial charge in [-0.2, -0.15) is 0 Å². The fourth-order valence-corrected chi connectivity index (χ4v) is 2.04. The standard InChI is InChI=1S/C10H8ClN3S/c11-9-2-1-8(12)10(14-9)15-7-3-5-13-6-4-7/h1-6H,12H2. The highest BCUT2D eigenvalue weighted by Gasteiger charge is 2.04. The van der Waals surface area contributed by atoms with Gasteiger partial charge in [0.2, 0.25) is 0 Å². The van der Waals surface area contributed by atoms with Crippen LogP contribution in [0.5, 0.6) is 0 Å². The number of nitrogens with zero attached hydrogens (tertiary/aromatic N) is 2. The number of nitrogen functional groups attached to an aromatic ring is 1. The molecule has 0 saturated carbocycles. The number of nitrogens with two attached hydrogens (primary N) is 1. The summed E-state index contributed by atoms with van der Waals surface area (Å²) in [5.41, 5.74) is 6.41. The molecule has 15 heavy (non-hydrogen) atoms. The second kappa shape index (κ2) is 4.51. The molecule has 0 aromatic carbocycles. The highest BCUT2D eigenvalue weighted by Crippen LogP contribution is 2.30. The first-order valence-electron chi connectivity index (χ1n) is 4.25. The van der Waals surface area contributed by atoms with E-state index in [4.69, 9.17) is 17.3 Å². The van der Waals surface area contributed by atoms with Crippen LogP contribution in [-0.2, 0) is 0 Å². The van der Waals surface area contributed by atoms with Gasteiger partial charge in [-0.1, -0.05) is 23.4 Å². The molecule has 0 aliphatic rings. The van der Waals surface area contributed by atoms with Crippen molar-refractivity contribution in [3.8, 4) is 0 Å². The Morgan fingerprint density at radius 2 is 1.87 bits per heavy atom. The Balaban J connectivity index is 2.28. The number of hydrogen-bond acceptors (Lipinski definition) is 4. The lowest BCUT2D eigenvalue weighted by Crippen LogP contribution is -1.91. The zero-order chi connectivity index (χ0) is 10.7. The lowest BCUT2D eigenvalue weighted by atomic mass is 10.4. The van der Waals surface area contributed by atoms with E-state index in [-0.39, 0.29) is 0 Å². The van der Waals surface area contributed by atoms with Crippen LogP contribution in [-0.4, -0.2) is 9.97 Å². The highest BCUT2D eigenvalue weighted by molar-refractivity contribution is 7.99. The van der Waals surface area contributed by atoms with Crippen molar-refractivity contribution in [2.45, 2.75) is 9.92 Å². The molecule has 0 aliphatic carbocycles. The van der Waals surface area contributed by atoms with Crippen molar-refractivity contribution in [1.82, 2.24) is 9.97 Å². The molecule has 2 N–H and O–H groups in total. The Labute approximate surface area is 96.7 Å². The maximum Gasteiger partial charge on any atom is 0.130 e. The normalized spacial score (nSPS) is 10.2. The first kappa shape index (κ1) is 10.3. The summed E-state index contributed by atoms with van der Waals surface area (Å²) in [7, 11) is 0. The molecule has 2 rings (SSSR count). The highest BCUT2D eigenvalue weighted by atomic mass is 35.5. The minimum Gasteiger partial charge on any atom is -0.397 e. The summed E-state index contributed by atoms with van der Waals surface area (Å²) >= 11 is 7.26. The summed E-state index contributed by atoms with van der Waals surface area (Å²) in [5.74, 6) is 0. The Bertz CT molecular complexity index is 461. The third-order valence-corrected chi connectivity index (χ3v) is 2.96. The molecule has 3 nitrogen and oxygen atoms in total. The van der Waals surface area contributed by atoms with Crippen LogP contribution in [0.1, 0.15) is 0 Å². The Morgan fingerprint density at radius 3 is 2.60 bits per heavy atom. The molecule has 0 atom stereocenters. The third kappa shape index (κ3) is 2.61. The summed E-state index contributed by atoms with van der Waals surface area (Å²) in [5, 5.41) is 1.16. The predicted octanol–water partition coefficient (Wildman–Crippen LogP) is 2.86. The van der Waals surface area contributed by atoms with Crippen molar-refractivity contribution in [2.75, 3.05) is 5.73 Å². The van der Waals surface area contributed by atoms with E-state index in [0.717, 1.165) is 4.90 Å². The van der Waals surface area contributed by atoms with E-state index in [1.54, 1.807) is 24.5 Å². The van der Waals surface area contributed by atoms with Gasteiger partial charge in [-0.3, -0.25) is 4.98 Å². The SMILES string of the molecule is Nc1ccc(Cl)nc1Sc1ccncc1. The quantitative estimate of drug-likeness (QED) is 0.816. The van der Waals surface area contributed by atoms with Gasteiger partial charge in [0.05, 0.1) is 5.69 Å². The maximum absolute atomic E-state index is 5.79. The molecule has 0 fully saturated rings. The second-order valence-corrected chi connectivity index (χ2v) is 4.26. The van der Waals surface area contributed by atoms with Crippen LogP contribution >= 0.6 is 23.4 Å². The van der Waals surface area contributed by atoms with Gasteiger partial charge in [0.15, 0.2) is 0 Å². The number of anilines is 1. The van der Waals surface area contributed by atoms with Crippen LogP contribution in [0.25, 0.3) is 0 Å². The van der Waals surface area contributed by atoms with Gasteiger partial charge >= 0.3 is 0 Å². The van der Waals surface area contributed by atoms with E-state index in [0.29, 0.717) is 15.9 Å². The minimum absolute atomic E-state index is 0.445. The smallest absolute Gasteiger partial charge is 0.130 e. The summed E-state index contributed by atoms with van der Waals surface area (Å²) < 4.78 is 0. The van der Waals surface area contributed by atoms with Gasteiger partial charge in [-0.25, -0.2) is 4.98 Å². The molecule has 2 aromatic rings. The average Bonchev–Trinajstić information content (AvgIpc) is 2.25. The lowest BCUT2D eigenvalue weighted by molar-refractivity contribution is 1.14. The van der Waals surface area contributed by atoms with Crippen LogP contribution in [0.15, 0.2) is 46.6 Å². The Hall–Kier alpha value is -1.26. The molecule has 0 saturated heterocycles. The van der Waals surface area contributed by atoms with Gasteiger partial charge in [-0.05, 0) is 24.3 Å². The zero-order valence-corrected chi connectivity index (χ0v) is 9.29. The minimum atomic E-state index is 0.445. The third-order valence-electron chi connectivity index (χ3n) is 1.72. The molecule has 0 bridgehead atoms. The zero-order valence-electron chi connectivity index (χ0n) is 7.72. The van der Waals surface area contributed by atoms with Crippen molar-refractivity contribution < 1.29 is 0 Å². The first-order valence-corrected chi connectivity index (χ1v) is 5.45. The molecule has 2 heterocycles. The van der Waals surface area contributed by atoms with Gasteiger partial charge in [0.25, 0.3) is 0 Å². The van der Waals surface area contributed by atoms with E-state index >= 15 is 0 Å². The molecule has 0 spiro atoms. The molecular weight excluding hydrogens is 230 g/mol.